The van der Waals surface area contributed by atoms with Gasteiger partial charge in [-0.3, -0.25) is 4.79 Å². The van der Waals surface area contributed by atoms with Crippen molar-refractivity contribution in [2.45, 2.75) is 25.7 Å². The molecule has 7 heteroatoms. The molecule has 3 rings (SSSR count). The van der Waals surface area contributed by atoms with Crippen molar-refractivity contribution in [1.29, 1.82) is 0 Å². The number of benzene rings is 1. The summed E-state index contributed by atoms with van der Waals surface area (Å²) in [5.74, 6) is -0.163. The minimum absolute atomic E-state index is 0.286. The van der Waals surface area contributed by atoms with E-state index in [1.165, 1.54) is 23.1 Å². The fourth-order valence-electron chi connectivity index (χ4n) is 2.81. The van der Waals surface area contributed by atoms with Gasteiger partial charge < -0.3 is 20.7 Å². The van der Waals surface area contributed by atoms with Gasteiger partial charge in [-0.2, -0.15) is 0 Å². The molecule has 1 saturated heterocycles. The topological polar surface area (TPSA) is 84.7 Å². The second kappa shape index (κ2) is 7.07. The Morgan fingerprint density at radius 3 is 2.83 bits per heavy atom. The van der Waals surface area contributed by atoms with Crippen molar-refractivity contribution >= 4 is 17.6 Å². The molecule has 130 valence electrons. The number of nitrogens with zero attached hydrogens (tertiary/aromatic N) is 1. The van der Waals surface area contributed by atoms with Crippen LogP contribution in [0.2, 0.25) is 0 Å². The van der Waals surface area contributed by atoms with E-state index in [4.69, 9.17) is 10.5 Å². The van der Waals surface area contributed by atoms with E-state index in [1.807, 2.05) is 0 Å². The molecule has 6 nitrogen and oxygen atoms in total. The number of carbonyl (C=O) groups is 2. The lowest BCUT2D eigenvalue weighted by Gasteiger charge is -2.31. The molecule has 0 bridgehead atoms. The highest BCUT2D eigenvalue weighted by molar-refractivity contribution is 5.91. The van der Waals surface area contributed by atoms with Gasteiger partial charge in [0.05, 0.1) is 18.2 Å². The molecule has 1 heterocycles. The van der Waals surface area contributed by atoms with Crippen molar-refractivity contribution < 1.29 is 18.7 Å². The van der Waals surface area contributed by atoms with Crippen molar-refractivity contribution in [3.8, 4) is 5.75 Å². The van der Waals surface area contributed by atoms with Crippen molar-refractivity contribution in [3.05, 3.63) is 24.0 Å². The maximum atomic E-state index is 13.5. The standard InChI is InChI=1S/C17H22FN3O3/c18-13-5-6-15(24-10-11-3-4-11)14(8-13)20-17(23)21-7-1-2-12(9-21)16(19)22/h5-6,8,11-12H,1-4,7,9-10H2,(H2,19,22)(H,20,23)/t12-/m0/s1. The number of nitrogens with one attached hydrogen (secondary N) is 1. The van der Waals surface area contributed by atoms with Crippen LogP contribution in [-0.4, -0.2) is 36.5 Å². The number of ether oxygens (including phenoxy) is 1. The zero-order chi connectivity index (χ0) is 17.1. The van der Waals surface area contributed by atoms with Crippen LogP contribution in [0.4, 0.5) is 14.9 Å². The van der Waals surface area contributed by atoms with E-state index in [1.54, 1.807) is 0 Å². The molecule has 0 aromatic heterocycles. The molecule has 1 aliphatic heterocycles. The van der Waals surface area contributed by atoms with Crippen LogP contribution >= 0.6 is 0 Å². The van der Waals surface area contributed by atoms with E-state index in [0.29, 0.717) is 36.9 Å². The Morgan fingerprint density at radius 1 is 1.33 bits per heavy atom. The van der Waals surface area contributed by atoms with Gasteiger partial charge in [0.25, 0.3) is 0 Å². The van der Waals surface area contributed by atoms with Crippen LogP contribution < -0.4 is 15.8 Å². The molecule has 0 unspecified atom stereocenters. The number of likely N-dealkylation sites (tertiary alicyclic amines) is 1. The summed E-state index contributed by atoms with van der Waals surface area (Å²) in [5.41, 5.74) is 5.64. The minimum Gasteiger partial charge on any atom is -0.491 e. The summed E-state index contributed by atoms with van der Waals surface area (Å²) < 4.78 is 19.2. The van der Waals surface area contributed by atoms with Gasteiger partial charge in [-0.15, -0.1) is 0 Å². The van der Waals surface area contributed by atoms with Crippen molar-refractivity contribution in [2.24, 2.45) is 17.6 Å². The van der Waals surface area contributed by atoms with Crippen LogP contribution in [0.15, 0.2) is 18.2 Å². The molecular weight excluding hydrogens is 313 g/mol. The quantitative estimate of drug-likeness (QED) is 0.866. The first-order valence-electron chi connectivity index (χ1n) is 8.30. The first kappa shape index (κ1) is 16.5. The van der Waals surface area contributed by atoms with Gasteiger partial charge in [-0.1, -0.05) is 0 Å². The smallest absolute Gasteiger partial charge is 0.321 e. The molecule has 1 aromatic carbocycles. The predicted molar refractivity (Wildman–Crippen MR) is 87.1 cm³/mol. The lowest BCUT2D eigenvalue weighted by atomic mass is 9.98. The lowest BCUT2D eigenvalue weighted by Crippen LogP contribution is -2.45. The number of rotatable bonds is 5. The number of amides is 3. The van der Waals surface area contributed by atoms with Gasteiger partial charge in [0.2, 0.25) is 5.91 Å². The van der Waals surface area contributed by atoms with Gasteiger partial charge in [0.1, 0.15) is 11.6 Å². The maximum absolute atomic E-state index is 13.5. The summed E-state index contributed by atoms with van der Waals surface area (Å²) in [6.45, 7) is 1.40. The van der Waals surface area contributed by atoms with Gasteiger partial charge in [0.15, 0.2) is 0 Å². The Morgan fingerprint density at radius 2 is 2.12 bits per heavy atom. The zero-order valence-electron chi connectivity index (χ0n) is 13.5. The van der Waals surface area contributed by atoms with E-state index < -0.39 is 11.7 Å². The van der Waals surface area contributed by atoms with Crippen LogP contribution in [-0.2, 0) is 4.79 Å². The van der Waals surface area contributed by atoms with Crippen molar-refractivity contribution in [3.63, 3.8) is 0 Å². The van der Waals surface area contributed by atoms with Gasteiger partial charge in [-0.05, 0) is 43.7 Å². The Balaban J connectivity index is 1.66. The lowest BCUT2D eigenvalue weighted by molar-refractivity contribution is -0.123. The summed E-state index contributed by atoms with van der Waals surface area (Å²) >= 11 is 0. The summed E-state index contributed by atoms with van der Waals surface area (Å²) in [6.07, 6.45) is 3.69. The van der Waals surface area contributed by atoms with E-state index in [9.17, 15) is 14.0 Å². The number of carbonyl (C=O) groups excluding carboxylic acids is 2. The van der Waals surface area contributed by atoms with Gasteiger partial charge >= 0.3 is 6.03 Å². The highest BCUT2D eigenvalue weighted by Gasteiger charge is 2.28. The number of hydrogen-bond acceptors (Lipinski definition) is 3. The minimum atomic E-state index is -0.447. The SMILES string of the molecule is NC(=O)[C@H]1CCCN(C(=O)Nc2cc(F)ccc2OCC2CC2)C1. The van der Waals surface area contributed by atoms with Crippen LogP contribution in [0.5, 0.6) is 5.75 Å². The highest BCUT2D eigenvalue weighted by atomic mass is 19.1. The third-order valence-corrected chi connectivity index (χ3v) is 4.47. The Hall–Kier alpha value is -2.31. The number of nitrogens with two attached hydrogens (primary N) is 1. The van der Waals surface area contributed by atoms with E-state index >= 15 is 0 Å². The van der Waals surface area contributed by atoms with Gasteiger partial charge in [-0.25, -0.2) is 9.18 Å². The average Bonchev–Trinajstić information content (AvgIpc) is 3.38. The molecule has 0 spiro atoms. The predicted octanol–water partition coefficient (Wildman–Crippen LogP) is 2.34. The molecule has 3 N–H and O–H groups in total. The molecular formula is C17H22FN3O3. The molecule has 3 amide bonds. The number of hydrogen-bond donors (Lipinski definition) is 2. The number of urea groups is 1. The van der Waals surface area contributed by atoms with Crippen LogP contribution in [0.3, 0.4) is 0 Å². The molecule has 1 atom stereocenters. The zero-order valence-corrected chi connectivity index (χ0v) is 13.5. The number of piperidine rings is 1. The number of primary amides is 1. The van der Waals surface area contributed by atoms with Crippen LogP contribution in [0.25, 0.3) is 0 Å². The molecule has 1 aromatic rings. The normalized spacial score (nSPS) is 20.5. The van der Waals surface area contributed by atoms with Gasteiger partial charge in [0, 0.05) is 19.2 Å². The molecule has 24 heavy (non-hydrogen) atoms. The number of anilines is 1. The maximum Gasteiger partial charge on any atom is 0.321 e. The first-order chi connectivity index (χ1) is 11.5. The van der Waals surface area contributed by atoms with Crippen LogP contribution in [0.1, 0.15) is 25.7 Å². The fourth-order valence-corrected chi connectivity index (χ4v) is 2.81. The molecule has 2 fully saturated rings. The summed E-state index contributed by atoms with van der Waals surface area (Å²) in [5, 5.41) is 2.69. The highest BCUT2D eigenvalue weighted by Crippen LogP contribution is 2.32. The summed E-state index contributed by atoms with van der Waals surface area (Å²) in [7, 11) is 0. The Bertz CT molecular complexity index is 634. The number of halogens is 1. The van der Waals surface area contributed by atoms with Crippen LogP contribution in [0, 0.1) is 17.7 Å². The second-order valence-electron chi connectivity index (χ2n) is 6.51. The van der Waals surface area contributed by atoms with E-state index in [0.717, 1.165) is 19.3 Å². The Labute approximate surface area is 140 Å². The fraction of sp³-hybridized carbons (Fsp3) is 0.529. The average molecular weight is 335 g/mol. The van der Waals surface area contributed by atoms with Crippen molar-refractivity contribution in [2.75, 3.05) is 25.0 Å². The molecule has 0 radical (unpaired) electrons. The second-order valence-corrected chi connectivity index (χ2v) is 6.51. The monoisotopic (exact) mass is 335 g/mol. The molecule has 1 saturated carbocycles. The van der Waals surface area contributed by atoms with E-state index in [2.05, 4.69) is 5.32 Å². The Kier molecular flexibility index (Phi) is 4.87. The molecule has 2 aliphatic rings. The third kappa shape index (κ3) is 4.15. The van der Waals surface area contributed by atoms with E-state index in [-0.39, 0.29) is 18.5 Å². The molecule has 1 aliphatic carbocycles. The summed E-state index contributed by atoms with van der Waals surface area (Å²) in [4.78, 5) is 25.3. The first-order valence-corrected chi connectivity index (χ1v) is 8.30. The third-order valence-electron chi connectivity index (χ3n) is 4.47. The van der Waals surface area contributed by atoms with Crippen molar-refractivity contribution in [1.82, 2.24) is 4.90 Å². The largest absolute Gasteiger partial charge is 0.491 e. The summed E-state index contributed by atoms with van der Waals surface area (Å²) in [6, 6.07) is 3.70.